The average Bonchev–Trinajstić information content (AvgIpc) is 3.30. The van der Waals surface area contributed by atoms with Gasteiger partial charge >= 0.3 is 11.8 Å². The van der Waals surface area contributed by atoms with E-state index in [0.717, 1.165) is 22.2 Å². The summed E-state index contributed by atoms with van der Waals surface area (Å²) in [6.45, 7) is 5.34. The SMILES string of the molecule is COc1cccc(C(Oc2ccc3c(cnn3-c3ccc(F)cc3)c2)C(C)NC(=O)C(=O)NC(C)C)c1. The summed E-state index contributed by atoms with van der Waals surface area (Å²) in [4.78, 5) is 24.7. The van der Waals surface area contributed by atoms with Crippen LogP contribution >= 0.6 is 0 Å². The van der Waals surface area contributed by atoms with Crippen molar-refractivity contribution in [2.75, 3.05) is 7.11 Å². The van der Waals surface area contributed by atoms with E-state index in [9.17, 15) is 14.0 Å². The number of nitrogens with one attached hydrogen (secondary N) is 2. The third-order valence-corrected chi connectivity index (χ3v) is 5.73. The van der Waals surface area contributed by atoms with Gasteiger partial charge in [-0.1, -0.05) is 12.1 Å². The highest BCUT2D eigenvalue weighted by atomic mass is 19.1. The molecule has 0 spiro atoms. The molecule has 0 aliphatic rings. The van der Waals surface area contributed by atoms with Crippen molar-refractivity contribution in [1.82, 2.24) is 20.4 Å². The molecular weight excluding hydrogens is 475 g/mol. The molecule has 0 radical (unpaired) electrons. The van der Waals surface area contributed by atoms with E-state index in [0.29, 0.717) is 11.5 Å². The molecular formula is C28H29FN4O4. The van der Waals surface area contributed by atoms with E-state index in [2.05, 4.69) is 15.7 Å². The Morgan fingerprint density at radius 3 is 2.35 bits per heavy atom. The summed E-state index contributed by atoms with van der Waals surface area (Å²) in [7, 11) is 1.57. The quantitative estimate of drug-likeness (QED) is 0.349. The van der Waals surface area contributed by atoms with Crippen LogP contribution in [-0.4, -0.2) is 40.8 Å². The zero-order valence-corrected chi connectivity index (χ0v) is 21.1. The fourth-order valence-corrected chi connectivity index (χ4v) is 3.97. The van der Waals surface area contributed by atoms with Gasteiger partial charge in [0.15, 0.2) is 0 Å². The minimum absolute atomic E-state index is 0.165. The molecule has 1 aromatic heterocycles. The number of rotatable bonds is 8. The van der Waals surface area contributed by atoms with Crippen LogP contribution in [0.2, 0.25) is 0 Å². The summed E-state index contributed by atoms with van der Waals surface area (Å²) in [6, 6.07) is 18.2. The molecule has 4 rings (SSSR count). The molecule has 4 aromatic rings. The molecule has 192 valence electrons. The summed E-state index contributed by atoms with van der Waals surface area (Å²) in [5.41, 5.74) is 2.32. The Balaban J connectivity index is 1.62. The Bertz CT molecular complexity index is 1400. The third kappa shape index (κ3) is 6.06. The van der Waals surface area contributed by atoms with Gasteiger partial charge in [-0.25, -0.2) is 9.07 Å². The zero-order chi connectivity index (χ0) is 26.5. The van der Waals surface area contributed by atoms with Crippen molar-refractivity contribution < 1.29 is 23.5 Å². The highest BCUT2D eigenvalue weighted by Gasteiger charge is 2.26. The van der Waals surface area contributed by atoms with Gasteiger partial charge in [-0.3, -0.25) is 9.59 Å². The van der Waals surface area contributed by atoms with E-state index >= 15 is 0 Å². The number of aromatic nitrogens is 2. The molecule has 2 amide bonds. The molecule has 0 aliphatic carbocycles. The third-order valence-electron chi connectivity index (χ3n) is 5.73. The molecule has 0 aliphatic heterocycles. The fourth-order valence-electron chi connectivity index (χ4n) is 3.97. The van der Waals surface area contributed by atoms with Crippen molar-refractivity contribution in [3.05, 3.63) is 84.3 Å². The second-order valence-corrected chi connectivity index (χ2v) is 8.96. The molecule has 0 fully saturated rings. The van der Waals surface area contributed by atoms with E-state index in [1.165, 1.54) is 12.1 Å². The standard InChI is InChI=1S/C28H29FN4O4/c1-17(2)31-27(34)28(35)32-18(3)26(19-6-5-7-23(14-19)36-4)37-24-12-13-25-20(15-24)16-30-33(25)22-10-8-21(29)9-11-22/h5-18,26H,1-4H3,(H,31,34)(H,32,35). The second-order valence-electron chi connectivity index (χ2n) is 8.96. The summed E-state index contributed by atoms with van der Waals surface area (Å²) >= 11 is 0. The first-order valence-electron chi connectivity index (χ1n) is 11.9. The molecule has 2 N–H and O–H groups in total. The number of methoxy groups -OCH3 is 1. The summed E-state index contributed by atoms with van der Waals surface area (Å²) in [6.07, 6.45) is 1.07. The van der Waals surface area contributed by atoms with Gasteiger partial charge in [-0.05, 0) is 80.9 Å². The predicted octanol–water partition coefficient (Wildman–Crippen LogP) is 4.32. The van der Waals surface area contributed by atoms with Crippen molar-refractivity contribution in [3.63, 3.8) is 0 Å². The molecule has 0 bridgehead atoms. The van der Waals surface area contributed by atoms with Gasteiger partial charge in [-0.15, -0.1) is 0 Å². The first-order chi connectivity index (χ1) is 17.7. The van der Waals surface area contributed by atoms with Crippen LogP contribution in [0.25, 0.3) is 16.6 Å². The minimum atomic E-state index is -0.742. The first kappa shape index (κ1) is 25.7. The molecule has 2 atom stereocenters. The number of ether oxygens (including phenoxy) is 2. The van der Waals surface area contributed by atoms with Crippen LogP contribution in [0.15, 0.2) is 72.9 Å². The highest BCUT2D eigenvalue weighted by Crippen LogP contribution is 2.30. The van der Waals surface area contributed by atoms with Gasteiger partial charge in [0.1, 0.15) is 23.4 Å². The molecule has 9 heteroatoms. The lowest BCUT2D eigenvalue weighted by atomic mass is 10.0. The van der Waals surface area contributed by atoms with Crippen molar-refractivity contribution in [3.8, 4) is 17.2 Å². The maximum atomic E-state index is 13.3. The monoisotopic (exact) mass is 504 g/mol. The van der Waals surface area contributed by atoms with E-state index in [4.69, 9.17) is 9.47 Å². The molecule has 2 unspecified atom stereocenters. The van der Waals surface area contributed by atoms with Crippen LogP contribution in [0.4, 0.5) is 4.39 Å². The van der Waals surface area contributed by atoms with E-state index in [-0.39, 0.29) is 11.9 Å². The van der Waals surface area contributed by atoms with E-state index in [1.54, 1.807) is 57.0 Å². The lowest BCUT2D eigenvalue weighted by Crippen LogP contribution is -2.48. The van der Waals surface area contributed by atoms with Crippen LogP contribution in [-0.2, 0) is 9.59 Å². The average molecular weight is 505 g/mol. The zero-order valence-electron chi connectivity index (χ0n) is 21.1. The predicted molar refractivity (Wildman–Crippen MR) is 138 cm³/mol. The number of carbonyl (C=O) groups is 2. The van der Waals surface area contributed by atoms with Gasteiger partial charge in [-0.2, -0.15) is 5.10 Å². The smallest absolute Gasteiger partial charge is 0.309 e. The number of fused-ring (bicyclic) bond motifs is 1. The molecule has 8 nitrogen and oxygen atoms in total. The van der Waals surface area contributed by atoms with Crippen molar-refractivity contribution in [2.45, 2.75) is 39.0 Å². The van der Waals surface area contributed by atoms with Gasteiger partial charge in [0.2, 0.25) is 0 Å². The van der Waals surface area contributed by atoms with Crippen molar-refractivity contribution in [1.29, 1.82) is 0 Å². The van der Waals surface area contributed by atoms with Gasteiger partial charge in [0.05, 0.1) is 30.6 Å². The molecule has 0 saturated heterocycles. The topological polar surface area (TPSA) is 94.5 Å². The Labute approximate surface area is 214 Å². The largest absolute Gasteiger partial charge is 0.497 e. The van der Waals surface area contributed by atoms with E-state index in [1.807, 2.05) is 36.4 Å². The van der Waals surface area contributed by atoms with Crippen molar-refractivity contribution in [2.24, 2.45) is 0 Å². The number of carbonyl (C=O) groups excluding carboxylic acids is 2. The lowest BCUT2D eigenvalue weighted by Gasteiger charge is -2.27. The van der Waals surface area contributed by atoms with Crippen LogP contribution < -0.4 is 20.1 Å². The molecule has 3 aromatic carbocycles. The van der Waals surface area contributed by atoms with Crippen LogP contribution in [0.1, 0.15) is 32.4 Å². The fraction of sp³-hybridized carbons (Fsp3) is 0.250. The number of halogens is 1. The summed E-state index contributed by atoms with van der Waals surface area (Å²) in [5.74, 6) is -0.582. The number of amides is 2. The lowest BCUT2D eigenvalue weighted by molar-refractivity contribution is -0.140. The summed E-state index contributed by atoms with van der Waals surface area (Å²) < 4.78 is 26.8. The Morgan fingerprint density at radius 1 is 0.919 bits per heavy atom. The first-order valence-corrected chi connectivity index (χ1v) is 11.9. The number of nitrogens with zero attached hydrogens (tertiary/aromatic N) is 2. The van der Waals surface area contributed by atoms with Gasteiger partial charge in [0, 0.05) is 11.4 Å². The molecule has 37 heavy (non-hydrogen) atoms. The number of hydrogen-bond donors (Lipinski definition) is 2. The van der Waals surface area contributed by atoms with Crippen LogP contribution in [0.5, 0.6) is 11.5 Å². The number of benzene rings is 3. The van der Waals surface area contributed by atoms with Gasteiger partial charge < -0.3 is 20.1 Å². The maximum absolute atomic E-state index is 13.3. The second kappa shape index (κ2) is 11.1. The Morgan fingerprint density at radius 2 is 1.65 bits per heavy atom. The van der Waals surface area contributed by atoms with Gasteiger partial charge in [0.25, 0.3) is 0 Å². The molecule has 1 heterocycles. The van der Waals surface area contributed by atoms with Crippen molar-refractivity contribution >= 4 is 22.7 Å². The maximum Gasteiger partial charge on any atom is 0.309 e. The minimum Gasteiger partial charge on any atom is -0.497 e. The Hall–Kier alpha value is -4.40. The normalized spacial score (nSPS) is 12.7. The van der Waals surface area contributed by atoms with Crippen LogP contribution in [0, 0.1) is 5.82 Å². The Kier molecular flexibility index (Phi) is 7.71. The van der Waals surface area contributed by atoms with Crippen LogP contribution in [0.3, 0.4) is 0 Å². The summed E-state index contributed by atoms with van der Waals surface area (Å²) in [5, 5.41) is 10.6. The molecule has 0 saturated carbocycles. The number of hydrogen-bond acceptors (Lipinski definition) is 5. The van der Waals surface area contributed by atoms with E-state index < -0.39 is 24.0 Å². The highest BCUT2D eigenvalue weighted by molar-refractivity contribution is 6.35.